The summed E-state index contributed by atoms with van der Waals surface area (Å²) in [4.78, 5) is 8.53. The summed E-state index contributed by atoms with van der Waals surface area (Å²) in [7, 11) is 1.65. The predicted octanol–water partition coefficient (Wildman–Crippen LogP) is 2.65. The molecule has 0 amide bonds. The number of hydrogen-bond donors (Lipinski definition) is 1. The van der Waals surface area contributed by atoms with E-state index in [0.29, 0.717) is 17.9 Å². The smallest absolute Gasteiger partial charge is 0.203 e. The van der Waals surface area contributed by atoms with Crippen LogP contribution in [0.25, 0.3) is 11.4 Å². The molecule has 0 atom stereocenters. The molecule has 1 aromatic carbocycles. The maximum atomic E-state index is 10.3. The van der Waals surface area contributed by atoms with Crippen LogP contribution in [-0.2, 0) is 13.0 Å². The highest BCUT2D eigenvalue weighted by Crippen LogP contribution is 2.29. The molecule has 1 N–H and O–H groups in total. The van der Waals surface area contributed by atoms with Crippen molar-refractivity contribution in [1.82, 2.24) is 14.5 Å². The normalized spacial score (nSPS) is 11.0. The molecule has 0 aliphatic carbocycles. The molecule has 2 aliphatic heterocycles. The van der Waals surface area contributed by atoms with Crippen molar-refractivity contribution in [3.05, 3.63) is 47.9 Å². The van der Waals surface area contributed by atoms with Gasteiger partial charge < -0.3 is 14.4 Å². The predicted molar refractivity (Wildman–Crippen MR) is 79.7 cm³/mol. The van der Waals surface area contributed by atoms with E-state index in [-0.39, 0.29) is 5.88 Å². The molecular weight excluding hydrogens is 266 g/mol. The van der Waals surface area contributed by atoms with Crippen molar-refractivity contribution in [3.8, 4) is 23.0 Å². The van der Waals surface area contributed by atoms with Crippen LogP contribution in [0.5, 0.6) is 11.6 Å². The van der Waals surface area contributed by atoms with E-state index >= 15 is 0 Å². The first kappa shape index (κ1) is 13.4. The number of nitrogens with zero attached hydrogens (tertiary/aromatic N) is 3. The van der Waals surface area contributed by atoms with Crippen LogP contribution >= 0.6 is 0 Å². The second-order valence-electron chi connectivity index (χ2n) is 4.99. The van der Waals surface area contributed by atoms with Crippen molar-refractivity contribution >= 4 is 0 Å². The molecule has 2 heterocycles. The summed E-state index contributed by atoms with van der Waals surface area (Å²) in [6.07, 6.45) is 2.44. The highest BCUT2D eigenvalue weighted by Gasteiger charge is 2.15. The summed E-state index contributed by atoms with van der Waals surface area (Å²) in [5, 5.41) is 10.3. The number of hydrogen-bond acceptors (Lipinski definition) is 4. The molecule has 0 bridgehead atoms. The van der Waals surface area contributed by atoms with Crippen molar-refractivity contribution in [1.29, 1.82) is 0 Å². The van der Waals surface area contributed by atoms with Gasteiger partial charge in [0.2, 0.25) is 5.88 Å². The summed E-state index contributed by atoms with van der Waals surface area (Å²) < 4.78 is 6.88. The van der Waals surface area contributed by atoms with E-state index in [0.717, 1.165) is 17.9 Å². The molecule has 108 valence electrons. The number of fused-ring (bicyclic) bond motifs is 1. The molecule has 0 saturated heterocycles. The van der Waals surface area contributed by atoms with Gasteiger partial charge in [0.15, 0.2) is 5.82 Å². The SMILES string of the molecule is COc1ccc(CCn2cnc3nc(C)cc-3c2O)cc1. The summed E-state index contributed by atoms with van der Waals surface area (Å²) in [5.74, 6) is 1.65. The molecular formula is C16H17N3O2. The summed E-state index contributed by atoms with van der Waals surface area (Å²) in [5.41, 5.74) is 2.74. The molecule has 0 fully saturated rings. The fourth-order valence-electron chi connectivity index (χ4n) is 2.34. The van der Waals surface area contributed by atoms with Crippen molar-refractivity contribution in [2.24, 2.45) is 0 Å². The standard InChI is InChI=1S/C16H17N3O2/c1-11-9-14-15(18-11)17-10-19(16(14)20)8-7-12-3-5-13(21-2)6-4-12/h3-6,9-10,20H,7-8H2,1-2H3. The van der Waals surface area contributed by atoms with E-state index in [1.54, 1.807) is 18.0 Å². The van der Waals surface area contributed by atoms with Gasteiger partial charge in [0.1, 0.15) is 5.75 Å². The van der Waals surface area contributed by atoms with Crippen molar-refractivity contribution < 1.29 is 9.84 Å². The summed E-state index contributed by atoms with van der Waals surface area (Å²) in [6.45, 7) is 2.55. The number of methoxy groups -OCH3 is 1. The largest absolute Gasteiger partial charge is 0.497 e. The highest BCUT2D eigenvalue weighted by atomic mass is 16.5. The topological polar surface area (TPSA) is 60.2 Å². The van der Waals surface area contributed by atoms with E-state index < -0.39 is 0 Å². The number of aryl methyl sites for hydroxylation is 3. The van der Waals surface area contributed by atoms with Gasteiger partial charge in [-0.15, -0.1) is 0 Å². The number of benzene rings is 1. The Kier molecular flexibility index (Phi) is 3.48. The van der Waals surface area contributed by atoms with E-state index in [4.69, 9.17) is 4.74 Å². The zero-order valence-corrected chi connectivity index (χ0v) is 12.1. The molecule has 2 aliphatic rings. The maximum absolute atomic E-state index is 10.3. The maximum Gasteiger partial charge on any atom is 0.203 e. The zero-order chi connectivity index (χ0) is 14.8. The van der Waals surface area contributed by atoms with E-state index in [1.165, 1.54) is 5.56 Å². The molecule has 0 radical (unpaired) electrons. The minimum atomic E-state index is 0.217. The molecule has 0 unspecified atom stereocenters. The van der Waals surface area contributed by atoms with Gasteiger partial charge in [0.25, 0.3) is 0 Å². The van der Waals surface area contributed by atoms with Crippen LogP contribution in [0.1, 0.15) is 11.3 Å². The molecule has 0 aromatic heterocycles. The van der Waals surface area contributed by atoms with Crippen LogP contribution < -0.4 is 4.74 Å². The molecule has 0 saturated carbocycles. The fraction of sp³-hybridized carbons (Fsp3) is 0.250. The quantitative estimate of drug-likeness (QED) is 0.799. The lowest BCUT2D eigenvalue weighted by atomic mass is 10.1. The third-order valence-corrected chi connectivity index (χ3v) is 3.51. The third-order valence-electron chi connectivity index (χ3n) is 3.51. The lowest BCUT2D eigenvalue weighted by molar-refractivity contribution is 0.409. The molecule has 1 aromatic rings. The number of aromatic nitrogens is 3. The lowest BCUT2D eigenvalue weighted by Crippen LogP contribution is -2.05. The van der Waals surface area contributed by atoms with Gasteiger partial charge in [-0.05, 0) is 37.1 Å². The molecule has 3 rings (SSSR count). The number of ether oxygens (including phenoxy) is 1. The van der Waals surface area contributed by atoms with Crippen molar-refractivity contribution in [2.75, 3.05) is 7.11 Å². The average molecular weight is 283 g/mol. The van der Waals surface area contributed by atoms with Gasteiger partial charge in [-0.3, -0.25) is 0 Å². The van der Waals surface area contributed by atoms with Crippen LogP contribution in [0.3, 0.4) is 0 Å². The first-order chi connectivity index (χ1) is 10.2. The summed E-state index contributed by atoms with van der Waals surface area (Å²) in [6, 6.07) is 9.77. The van der Waals surface area contributed by atoms with Gasteiger partial charge in [0.05, 0.1) is 19.0 Å². The third kappa shape index (κ3) is 2.67. The van der Waals surface area contributed by atoms with Gasteiger partial charge >= 0.3 is 0 Å². The molecule has 5 heteroatoms. The Hall–Kier alpha value is -2.56. The lowest BCUT2D eigenvalue weighted by Gasteiger charge is -2.11. The second kappa shape index (κ2) is 5.44. The van der Waals surface area contributed by atoms with Crippen LogP contribution in [0.4, 0.5) is 0 Å². The number of rotatable bonds is 4. The average Bonchev–Trinajstić information content (AvgIpc) is 2.89. The first-order valence-corrected chi connectivity index (χ1v) is 6.82. The Morgan fingerprint density at radius 3 is 2.71 bits per heavy atom. The minimum absolute atomic E-state index is 0.217. The fourth-order valence-corrected chi connectivity index (χ4v) is 2.34. The zero-order valence-electron chi connectivity index (χ0n) is 12.1. The van der Waals surface area contributed by atoms with Gasteiger partial charge in [-0.25, -0.2) is 9.97 Å². The van der Waals surface area contributed by atoms with E-state index in [1.807, 2.05) is 37.3 Å². The Balaban J connectivity index is 1.78. The van der Waals surface area contributed by atoms with Crippen molar-refractivity contribution in [2.45, 2.75) is 19.9 Å². The first-order valence-electron chi connectivity index (χ1n) is 6.82. The van der Waals surface area contributed by atoms with Gasteiger partial charge in [-0.1, -0.05) is 12.1 Å². The molecule has 21 heavy (non-hydrogen) atoms. The highest BCUT2D eigenvalue weighted by molar-refractivity contribution is 5.64. The Morgan fingerprint density at radius 2 is 2.00 bits per heavy atom. The monoisotopic (exact) mass is 283 g/mol. The van der Waals surface area contributed by atoms with Gasteiger partial charge in [-0.2, -0.15) is 0 Å². The van der Waals surface area contributed by atoms with Gasteiger partial charge in [0, 0.05) is 12.2 Å². The molecule has 5 nitrogen and oxygen atoms in total. The number of aromatic hydroxyl groups is 1. The van der Waals surface area contributed by atoms with E-state index in [9.17, 15) is 5.11 Å². The second-order valence-corrected chi connectivity index (χ2v) is 4.99. The van der Waals surface area contributed by atoms with Crippen LogP contribution in [-0.4, -0.2) is 26.8 Å². The minimum Gasteiger partial charge on any atom is -0.497 e. The van der Waals surface area contributed by atoms with Crippen molar-refractivity contribution in [3.63, 3.8) is 0 Å². The molecule has 0 spiro atoms. The summed E-state index contributed by atoms with van der Waals surface area (Å²) >= 11 is 0. The van der Waals surface area contributed by atoms with Crippen LogP contribution in [0.2, 0.25) is 0 Å². The Bertz CT molecular complexity index is 719. The van der Waals surface area contributed by atoms with Crippen LogP contribution in [0, 0.1) is 6.92 Å². The van der Waals surface area contributed by atoms with E-state index in [2.05, 4.69) is 9.97 Å². The Labute approximate surface area is 123 Å². The Morgan fingerprint density at radius 1 is 1.24 bits per heavy atom. The van der Waals surface area contributed by atoms with Crippen LogP contribution in [0.15, 0.2) is 36.7 Å².